The Labute approximate surface area is 166 Å². The zero-order valence-corrected chi connectivity index (χ0v) is 16.8. The highest BCUT2D eigenvalue weighted by atomic mass is 16.5. The number of nitrogens with one attached hydrogen (secondary N) is 2. The molecule has 1 aliphatic rings. The zero-order valence-electron chi connectivity index (χ0n) is 16.8. The first-order chi connectivity index (χ1) is 13.6. The third-order valence-electron chi connectivity index (χ3n) is 4.85. The number of carbonyl (C=O) groups excluding carboxylic acids is 1. The molecule has 3 rings (SSSR count). The number of hydrogen-bond donors (Lipinski definition) is 2. The van der Waals surface area contributed by atoms with Gasteiger partial charge in [-0.3, -0.25) is 4.79 Å². The Kier molecular flexibility index (Phi) is 6.76. The lowest BCUT2D eigenvalue weighted by atomic mass is 9.98. The van der Waals surface area contributed by atoms with Gasteiger partial charge in [-0.2, -0.15) is 0 Å². The minimum absolute atomic E-state index is 0.0149. The van der Waals surface area contributed by atoms with Crippen LogP contribution in [-0.2, 0) is 17.8 Å². The van der Waals surface area contributed by atoms with E-state index in [4.69, 9.17) is 14.2 Å². The fraction of sp³-hybridized carbons (Fsp3) is 0.409. The van der Waals surface area contributed by atoms with Crippen molar-refractivity contribution >= 4 is 11.6 Å². The Balaban J connectivity index is 1.67. The van der Waals surface area contributed by atoms with E-state index < -0.39 is 0 Å². The van der Waals surface area contributed by atoms with E-state index in [-0.39, 0.29) is 5.91 Å². The molecule has 0 aromatic heterocycles. The highest BCUT2D eigenvalue weighted by Gasteiger charge is 2.24. The van der Waals surface area contributed by atoms with Crippen LogP contribution in [0.3, 0.4) is 0 Å². The van der Waals surface area contributed by atoms with Crippen molar-refractivity contribution in [3.63, 3.8) is 0 Å². The van der Waals surface area contributed by atoms with Crippen molar-refractivity contribution in [3.05, 3.63) is 47.5 Å². The molecule has 2 aromatic carbocycles. The molecule has 0 radical (unpaired) electrons. The quantitative estimate of drug-likeness (QED) is 0.730. The van der Waals surface area contributed by atoms with Crippen LogP contribution in [-0.4, -0.2) is 39.3 Å². The molecule has 1 unspecified atom stereocenters. The normalized spacial score (nSPS) is 15.5. The number of benzene rings is 2. The van der Waals surface area contributed by atoms with Crippen molar-refractivity contribution in [3.8, 4) is 17.2 Å². The Morgan fingerprint density at radius 2 is 1.71 bits per heavy atom. The Hall–Kier alpha value is -2.73. The van der Waals surface area contributed by atoms with E-state index in [0.29, 0.717) is 31.2 Å². The smallest absolute Gasteiger partial charge is 0.279 e. The summed E-state index contributed by atoms with van der Waals surface area (Å²) in [5.74, 6) is 2.24. The average molecular weight is 385 g/mol. The topological polar surface area (TPSA) is 61.2 Å². The van der Waals surface area contributed by atoms with Crippen LogP contribution in [0, 0.1) is 0 Å². The molecule has 1 heterocycles. The first-order valence-corrected chi connectivity index (χ1v) is 9.82. The first kappa shape index (κ1) is 20.0. The van der Waals surface area contributed by atoms with Crippen LogP contribution < -0.4 is 24.4 Å². The minimum atomic E-state index is -0.0149. The molecule has 0 saturated carbocycles. The van der Waals surface area contributed by atoms with E-state index in [1.807, 2.05) is 38.1 Å². The minimum Gasteiger partial charge on any atom is -0.495 e. The van der Waals surface area contributed by atoms with Crippen molar-refractivity contribution < 1.29 is 23.9 Å². The largest absolute Gasteiger partial charge is 0.495 e. The van der Waals surface area contributed by atoms with Gasteiger partial charge in [0.2, 0.25) is 0 Å². The molecule has 0 bridgehead atoms. The third kappa shape index (κ3) is 4.75. The third-order valence-corrected chi connectivity index (χ3v) is 4.85. The molecule has 150 valence electrons. The summed E-state index contributed by atoms with van der Waals surface area (Å²) in [5.41, 5.74) is 3.20. The molecule has 0 spiro atoms. The maximum atomic E-state index is 12.5. The van der Waals surface area contributed by atoms with Gasteiger partial charge in [-0.1, -0.05) is 12.1 Å². The molecule has 0 aliphatic carbocycles. The van der Waals surface area contributed by atoms with Gasteiger partial charge in [0.25, 0.3) is 5.91 Å². The highest BCUT2D eigenvalue weighted by Crippen LogP contribution is 2.32. The van der Waals surface area contributed by atoms with Gasteiger partial charge in [0.05, 0.1) is 32.6 Å². The molecule has 0 fully saturated rings. The number of carbonyl (C=O) groups is 1. The monoisotopic (exact) mass is 385 g/mol. The summed E-state index contributed by atoms with van der Waals surface area (Å²) in [7, 11) is 1.60. The van der Waals surface area contributed by atoms with Crippen molar-refractivity contribution in [1.29, 1.82) is 0 Å². The lowest BCUT2D eigenvalue weighted by Crippen LogP contribution is -3.12. The van der Waals surface area contributed by atoms with Gasteiger partial charge in [-0.25, -0.2) is 0 Å². The summed E-state index contributed by atoms with van der Waals surface area (Å²) < 4.78 is 16.8. The van der Waals surface area contributed by atoms with E-state index in [9.17, 15) is 4.79 Å². The van der Waals surface area contributed by atoms with E-state index in [2.05, 4.69) is 17.4 Å². The van der Waals surface area contributed by atoms with Crippen LogP contribution in [0.4, 0.5) is 5.69 Å². The molecule has 0 saturated heterocycles. The van der Waals surface area contributed by atoms with Gasteiger partial charge in [-0.15, -0.1) is 0 Å². The summed E-state index contributed by atoms with van der Waals surface area (Å²) >= 11 is 0. The van der Waals surface area contributed by atoms with Crippen LogP contribution in [0.15, 0.2) is 36.4 Å². The predicted octanol–water partition coefficient (Wildman–Crippen LogP) is 2.07. The van der Waals surface area contributed by atoms with Crippen molar-refractivity contribution in [1.82, 2.24) is 0 Å². The van der Waals surface area contributed by atoms with Crippen LogP contribution in [0.1, 0.15) is 25.0 Å². The molecule has 6 nitrogen and oxygen atoms in total. The predicted molar refractivity (Wildman–Crippen MR) is 109 cm³/mol. The van der Waals surface area contributed by atoms with Gasteiger partial charge in [0.1, 0.15) is 12.3 Å². The summed E-state index contributed by atoms with van der Waals surface area (Å²) in [6.45, 7) is 7.26. The van der Waals surface area contributed by atoms with E-state index in [1.165, 1.54) is 16.0 Å². The van der Waals surface area contributed by atoms with Crippen LogP contribution in [0.2, 0.25) is 0 Å². The molecule has 2 N–H and O–H groups in total. The summed E-state index contributed by atoms with van der Waals surface area (Å²) in [6.07, 6.45) is 0.916. The molecule has 28 heavy (non-hydrogen) atoms. The van der Waals surface area contributed by atoms with Gasteiger partial charge in [0.15, 0.2) is 18.0 Å². The van der Waals surface area contributed by atoms with Crippen LogP contribution in [0.5, 0.6) is 17.2 Å². The number of rotatable bonds is 8. The standard InChI is InChI=1S/C22H28N2O4/c1-4-27-20-12-16-10-11-24(14-17(16)13-21(20)28-5-2)15-22(25)23-18-8-6-7-9-19(18)26-3/h6-9,12-13H,4-5,10-11,14-15H2,1-3H3,(H,23,25)/p+1. The fourth-order valence-electron chi connectivity index (χ4n) is 3.57. The van der Waals surface area contributed by atoms with Gasteiger partial charge in [-0.05, 0) is 43.7 Å². The molecular formula is C22H29N2O4+. The number of anilines is 1. The molecule has 2 aromatic rings. The molecule has 1 atom stereocenters. The average Bonchev–Trinajstić information content (AvgIpc) is 2.69. The lowest BCUT2D eigenvalue weighted by molar-refractivity contribution is -0.907. The number of para-hydroxylation sites is 2. The number of quaternary nitrogens is 1. The number of amides is 1. The second-order valence-electron chi connectivity index (χ2n) is 6.79. The van der Waals surface area contributed by atoms with Gasteiger partial charge < -0.3 is 24.4 Å². The van der Waals surface area contributed by atoms with Gasteiger partial charge in [0, 0.05) is 12.0 Å². The molecular weight excluding hydrogens is 356 g/mol. The first-order valence-electron chi connectivity index (χ1n) is 9.82. The maximum Gasteiger partial charge on any atom is 0.279 e. The van der Waals surface area contributed by atoms with Crippen molar-refractivity contribution in [2.45, 2.75) is 26.8 Å². The molecule has 1 amide bonds. The Morgan fingerprint density at radius 3 is 2.39 bits per heavy atom. The van der Waals surface area contributed by atoms with Crippen LogP contribution >= 0.6 is 0 Å². The highest BCUT2D eigenvalue weighted by molar-refractivity contribution is 5.92. The van der Waals surface area contributed by atoms with Crippen LogP contribution in [0.25, 0.3) is 0 Å². The Morgan fingerprint density at radius 1 is 1.04 bits per heavy atom. The SMILES string of the molecule is CCOc1cc2c(cc1OCC)C[NH+](CC(=O)Nc1ccccc1OC)CC2. The summed E-state index contributed by atoms with van der Waals surface area (Å²) in [4.78, 5) is 13.8. The lowest BCUT2D eigenvalue weighted by Gasteiger charge is -2.26. The van der Waals surface area contributed by atoms with E-state index in [1.54, 1.807) is 7.11 Å². The summed E-state index contributed by atoms with van der Waals surface area (Å²) in [6, 6.07) is 11.6. The van der Waals surface area contributed by atoms with E-state index >= 15 is 0 Å². The second-order valence-corrected chi connectivity index (χ2v) is 6.79. The van der Waals surface area contributed by atoms with Crippen molar-refractivity contribution in [2.24, 2.45) is 0 Å². The van der Waals surface area contributed by atoms with Gasteiger partial charge >= 0.3 is 0 Å². The fourth-order valence-corrected chi connectivity index (χ4v) is 3.57. The molecule has 1 aliphatic heterocycles. The second kappa shape index (κ2) is 9.46. The maximum absolute atomic E-state index is 12.5. The number of fused-ring (bicyclic) bond motifs is 1. The number of ether oxygens (including phenoxy) is 3. The van der Waals surface area contributed by atoms with Crippen molar-refractivity contribution in [2.75, 3.05) is 38.7 Å². The molecule has 6 heteroatoms. The number of methoxy groups -OCH3 is 1. The van der Waals surface area contributed by atoms with E-state index in [0.717, 1.165) is 31.0 Å². The summed E-state index contributed by atoms with van der Waals surface area (Å²) in [5, 5.41) is 2.96. The Bertz CT molecular complexity index is 822. The number of hydrogen-bond acceptors (Lipinski definition) is 4. The zero-order chi connectivity index (χ0) is 19.9.